The van der Waals surface area contributed by atoms with E-state index in [-0.39, 0.29) is 24.3 Å². The van der Waals surface area contributed by atoms with Gasteiger partial charge in [0.15, 0.2) is 12.4 Å². The minimum Gasteiger partial charge on any atom is -0.483 e. The molecule has 0 heterocycles. The number of nitrogens with one attached hydrogen (secondary N) is 1. The van der Waals surface area contributed by atoms with Gasteiger partial charge in [-0.3, -0.25) is 9.59 Å². The second-order valence-electron chi connectivity index (χ2n) is 4.92. The van der Waals surface area contributed by atoms with Crippen molar-refractivity contribution in [3.63, 3.8) is 0 Å². The van der Waals surface area contributed by atoms with Crippen LogP contribution in [0.1, 0.15) is 29.3 Å². The van der Waals surface area contributed by atoms with Crippen LogP contribution in [0.3, 0.4) is 0 Å². The Bertz CT molecular complexity index is 513. The summed E-state index contributed by atoms with van der Waals surface area (Å²) in [4.78, 5) is 23.3. The van der Waals surface area contributed by atoms with Gasteiger partial charge in [-0.25, -0.2) is 0 Å². The lowest BCUT2D eigenvalue weighted by atomic mass is 10.1. The Morgan fingerprint density at radius 1 is 1.40 bits per heavy atom. The summed E-state index contributed by atoms with van der Waals surface area (Å²) in [6.07, 6.45) is 1.21. The number of hydrogen-bond donors (Lipinski definition) is 1. The first-order valence-corrected chi connectivity index (χ1v) is 6.68. The molecule has 0 bridgehead atoms. The predicted octanol–water partition coefficient (Wildman–Crippen LogP) is 1.35. The molecule has 1 unspecified atom stereocenters. The van der Waals surface area contributed by atoms with E-state index in [4.69, 9.17) is 9.47 Å². The van der Waals surface area contributed by atoms with Crippen molar-refractivity contribution in [1.82, 2.24) is 5.32 Å². The van der Waals surface area contributed by atoms with E-state index in [1.807, 2.05) is 6.92 Å². The Morgan fingerprint density at radius 3 is 2.95 bits per heavy atom. The molecule has 1 aliphatic rings. The molecule has 0 spiro atoms. The van der Waals surface area contributed by atoms with Crippen LogP contribution < -0.4 is 10.1 Å². The third kappa shape index (κ3) is 3.36. The minimum absolute atomic E-state index is 0.0563. The van der Waals surface area contributed by atoms with Gasteiger partial charge in [-0.05, 0) is 19.4 Å². The number of Topliss-reactive ketones (excluding diaryl/α,β-unsaturated/α-hetero) is 1. The molecule has 108 valence electrons. The number of methoxy groups -OCH3 is 1. The van der Waals surface area contributed by atoms with Crippen LogP contribution >= 0.6 is 0 Å². The number of ether oxygens (including phenoxy) is 2. The first-order valence-electron chi connectivity index (χ1n) is 6.68. The number of fused-ring (bicyclic) bond motifs is 1. The van der Waals surface area contributed by atoms with Gasteiger partial charge in [-0.2, -0.15) is 0 Å². The Kier molecular flexibility index (Phi) is 4.74. The van der Waals surface area contributed by atoms with Crippen molar-refractivity contribution in [3.8, 4) is 5.75 Å². The van der Waals surface area contributed by atoms with E-state index in [2.05, 4.69) is 5.32 Å². The van der Waals surface area contributed by atoms with E-state index in [1.54, 1.807) is 25.3 Å². The van der Waals surface area contributed by atoms with Crippen molar-refractivity contribution in [2.75, 3.05) is 20.3 Å². The van der Waals surface area contributed by atoms with E-state index >= 15 is 0 Å². The average Bonchev–Trinajstić information content (AvgIpc) is 2.79. The summed E-state index contributed by atoms with van der Waals surface area (Å²) in [5, 5.41) is 2.77. The van der Waals surface area contributed by atoms with Crippen LogP contribution in [0.15, 0.2) is 18.2 Å². The van der Waals surface area contributed by atoms with Gasteiger partial charge in [-0.1, -0.05) is 12.1 Å². The average molecular weight is 277 g/mol. The molecule has 20 heavy (non-hydrogen) atoms. The lowest BCUT2D eigenvalue weighted by Gasteiger charge is -2.14. The highest BCUT2D eigenvalue weighted by Crippen LogP contribution is 2.30. The standard InChI is InChI=1S/C15H19NO4/c1-10(8-19-2)16-15(18)9-20-14-5-3-4-11-12(14)6-7-13(11)17/h3-5,10H,6-9H2,1-2H3,(H,16,18). The third-order valence-corrected chi connectivity index (χ3v) is 3.22. The maximum atomic E-state index is 11.7. The van der Waals surface area contributed by atoms with Crippen LogP contribution in [0.2, 0.25) is 0 Å². The number of ketones is 1. The second kappa shape index (κ2) is 6.52. The molecule has 0 aromatic heterocycles. The molecular formula is C15H19NO4. The SMILES string of the molecule is COCC(C)NC(=O)COc1cccc2c1CCC2=O. The molecule has 0 saturated carbocycles. The smallest absolute Gasteiger partial charge is 0.258 e. The number of rotatable bonds is 6. The molecule has 5 heteroatoms. The number of carbonyl (C=O) groups is 2. The Balaban J connectivity index is 1.92. The highest BCUT2D eigenvalue weighted by Gasteiger charge is 2.22. The topological polar surface area (TPSA) is 64.6 Å². The minimum atomic E-state index is -0.198. The maximum absolute atomic E-state index is 11.7. The molecule has 1 aromatic rings. The molecule has 5 nitrogen and oxygen atoms in total. The number of amides is 1. The van der Waals surface area contributed by atoms with Crippen LogP contribution in [0.4, 0.5) is 0 Å². The van der Waals surface area contributed by atoms with Crippen LogP contribution in [-0.2, 0) is 16.0 Å². The van der Waals surface area contributed by atoms with Gasteiger partial charge < -0.3 is 14.8 Å². The summed E-state index contributed by atoms with van der Waals surface area (Å²) in [6, 6.07) is 5.32. The predicted molar refractivity (Wildman–Crippen MR) is 74.1 cm³/mol. The van der Waals surface area contributed by atoms with Gasteiger partial charge in [0.05, 0.1) is 6.61 Å². The fraction of sp³-hybridized carbons (Fsp3) is 0.467. The zero-order chi connectivity index (χ0) is 14.5. The van der Waals surface area contributed by atoms with E-state index in [0.29, 0.717) is 25.2 Å². The largest absolute Gasteiger partial charge is 0.483 e. The zero-order valence-electron chi connectivity index (χ0n) is 11.8. The number of carbonyl (C=O) groups excluding carboxylic acids is 2. The molecule has 1 N–H and O–H groups in total. The summed E-state index contributed by atoms with van der Waals surface area (Å²) in [7, 11) is 1.59. The first-order chi connectivity index (χ1) is 9.61. The van der Waals surface area contributed by atoms with Crippen molar-refractivity contribution in [2.24, 2.45) is 0 Å². The van der Waals surface area contributed by atoms with Gasteiger partial charge in [0, 0.05) is 30.7 Å². The van der Waals surface area contributed by atoms with Crippen LogP contribution in [0.5, 0.6) is 5.75 Å². The highest BCUT2D eigenvalue weighted by atomic mass is 16.5. The quantitative estimate of drug-likeness (QED) is 0.852. The van der Waals surface area contributed by atoms with Gasteiger partial charge >= 0.3 is 0 Å². The Hall–Kier alpha value is -1.88. The van der Waals surface area contributed by atoms with Crippen LogP contribution in [0, 0.1) is 0 Å². The maximum Gasteiger partial charge on any atom is 0.258 e. The fourth-order valence-electron chi connectivity index (χ4n) is 2.34. The lowest BCUT2D eigenvalue weighted by Crippen LogP contribution is -2.38. The van der Waals surface area contributed by atoms with Crippen LogP contribution in [0.25, 0.3) is 0 Å². The fourth-order valence-corrected chi connectivity index (χ4v) is 2.34. The molecule has 0 aliphatic heterocycles. The second-order valence-corrected chi connectivity index (χ2v) is 4.92. The molecule has 1 amide bonds. The number of hydrogen-bond acceptors (Lipinski definition) is 4. The Labute approximate surface area is 118 Å². The van der Waals surface area contributed by atoms with Gasteiger partial charge in [0.25, 0.3) is 5.91 Å². The van der Waals surface area contributed by atoms with Crippen molar-refractivity contribution in [1.29, 1.82) is 0 Å². The van der Waals surface area contributed by atoms with E-state index in [9.17, 15) is 9.59 Å². The summed E-state index contributed by atoms with van der Waals surface area (Å²) >= 11 is 0. The lowest BCUT2D eigenvalue weighted by molar-refractivity contribution is -0.124. The zero-order valence-corrected chi connectivity index (χ0v) is 11.8. The molecule has 1 aliphatic carbocycles. The van der Waals surface area contributed by atoms with Crippen LogP contribution in [-0.4, -0.2) is 38.1 Å². The van der Waals surface area contributed by atoms with Crippen molar-refractivity contribution in [2.45, 2.75) is 25.8 Å². The number of benzene rings is 1. The van der Waals surface area contributed by atoms with Crippen molar-refractivity contribution in [3.05, 3.63) is 29.3 Å². The summed E-state index contributed by atoms with van der Waals surface area (Å²) in [5.74, 6) is 0.572. The molecule has 2 rings (SSSR count). The molecule has 0 saturated heterocycles. The molecule has 1 aromatic carbocycles. The van der Waals surface area contributed by atoms with Gasteiger partial charge in [0.2, 0.25) is 0 Å². The van der Waals surface area contributed by atoms with Crippen molar-refractivity contribution < 1.29 is 19.1 Å². The normalized spacial score (nSPS) is 14.8. The highest BCUT2D eigenvalue weighted by molar-refractivity contribution is 6.01. The van der Waals surface area contributed by atoms with E-state index < -0.39 is 0 Å². The first kappa shape index (κ1) is 14.5. The molecule has 1 atom stereocenters. The molecule has 0 fully saturated rings. The molecular weight excluding hydrogens is 258 g/mol. The summed E-state index contributed by atoms with van der Waals surface area (Å²) in [5.41, 5.74) is 1.63. The van der Waals surface area contributed by atoms with E-state index in [0.717, 1.165) is 11.1 Å². The monoisotopic (exact) mass is 277 g/mol. The third-order valence-electron chi connectivity index (χ3n) is 3.22. The molecule has 0 radical (unpaired) electrons. The van der Waals surface area contributed by atoms with Gasteiger partial charge in [-0.15, -0.1) is 0 Å². The summed E-state index contributed by atoms with van der Waals surface area (Å²) in [6.45, 7) is 2.26. The van der Waals surface area contributed by atoms with Gasteiger partial charge in [0.1, 0.15) is 5.75 Å². The van der Waals surface area contributed by atoms with Crippen molar-refractivity contribution >= 4 is 11.7 Å². The Morgan fingerprint density at radius 2 is 2.20 bits per heavy atom. The van der Waals surface area contributed by atoms with E-state index in [1.165, 1.54) is 0 Å². The summed E-state index contributed by atoms with van der Waals surface area (Å²) < 4.78 is 10.5.